The van der Waals surface area contributed by atoms with Gasteiger partial charge in [0.05, 0.1) is 19.8 Å². The van der Waals surface area contributed by atoms with E-state index in [9.17, 15) is 0 Å². The molecule has 0 amide bonds. The lowest BCUT2D eigenvalue weighted by molar-refractivity contribution is 0.0835. The number of allylic oxidation sites excluding steroid dienone is 3. The molecule has 22 heavy (non-hydrogen) atoms. The number of hydrogen-bond acceptors (Lipinski definition) is 5. The van der Waals surface area contributed by atoms with Crippen LogP contribution in [0.1, 0.15) is 26.2 Å². The summed E-state index contributed by atoms with van der Waals surface area (Å²) >= 11 is 0. The van der Waals surface area contributed by atoms with Gasteiger partial charge in [-0.15, -0.1) is 0 Å². The van der Waals surface area contributed by atoms with Gasteiger partial charge in [0, 0.05) is 38.5 Å². The van der Waals surface area contributed by atoms with E-state index in [0.29, 0.717) is 45.3 Å². The zero-order valence-corrected chi connectivity index (χ0v) is 13.9. The van der Waals surface area contributed by atoms with Gasteiger partial charge in [-0.2, -0.15) is 0 Å². The first kappa shape index (κ1) is 19.2. The van der Waals surface area contributed by atoms with Gasteiger partial charge in [-0.1, -0.05) is 19.1 Å². The lowest BCUT2D eigenvalue weighted by Crippen LogP contribution is -2.30. The van der Waals surface area contributed by atoms with Gasteiger partial charge < -0.3 is 25.2 Å². The molecule has 0 fully saturated rings. The van der Waals surface area contributed by atoms with Crippen molar-refractivity contribution in [3.8, 4) is 0 Å². The molecule has 5 heteroatoms. The first-order chi connectivity index (χ1) is 10.8. The quantitative estimate of drug-likeness (QED) is 0.535. The van der Waals surface area contributed by atoms with Gasteiger partial charge in [-0.25, -0.2) is 0 Å². The highest BCUT2D eigenvalue weighted by atomic mass is 16.5. The summed E-state index contributed by atoms with van der Waals surface area (Å²) in [6, 6.07) is 0. The highest BCUT2D eigenvalue weighted by Crippen LogP contribution is 2.18. The van der Waals surface area contributed by atoms with Gasteiger partial charge in [-0.05, 0) is 31.3 Å². The Kier molecular flexibility index (Phi) is 11.0. The Morgan fingerprint density at radius 1 is 1.23 bits per heavy atom. The molecule has 0 radical (unpaired) electrons. The first-order valence-electron chi connectivity index (χ1n) is 8.37. The standard InChI is InChI=1S/C17H32N2O3/c1-16-4-2-5-17(7-6-16)19(10-15-22-13-8-18)9-14-21-12-3-11-20/h5-7,16,20H,2-4,8-15,18H2,1H3. The molecule has 128 valence electrons. The molecule has 0 heterocycles. The second-order valence-electron chi connectivity index (χ2n) is 5.62. The minimum atomic E-state index is 0.183. The van der Waals surface area contributed by atoms with Crippen molar-refractivity contribution in [1.29, 1.82) is 0 Å². The average molecular weight is 312 g/mol. The minimum absolute atomic E-state index is 0.183. The SMILES string of the molecule is CC1C=CC(N(CCOCCN)CCOCCCO)=CCC1. The Morgan fingerprint density at radius 3 is 2.64 bits per heavy atom. The van der Waals surface area contributed by atoms with E-state index in [-0.39, 0.29) is 6.61 Å². The maximum absolute atomic E-state index is 8.77. The largest absolute Gasteiger partial charge is 0.396 e. The summed E-state index contributed by atoms with van der Waals surface area (Å²) in [6.45, 7) is 7.22. The second-order valence-corrected chi connectivity index (χ2v) is 5.62. The number of nitrogens with two attached hydrogens (primary N) is 1. The zero-order chi connectivity index (χ0) is 16.0. The fraction of sp³-hybridized carbons (Fsp3) is 0.765. The fourth-order valence-electron chi connectivity index (χ4n) is 2.33. The van der Waals surface area contributed by atoms with Crippen LogP contribution in [0.4, 0.5) is 0 Å². The molecule has 1 unspecified atom stereocenters. The molecule has 3 N–H and O–H groups in total. The summed E-state index contributed by atoms with van der Waals surface area (Å²) in [5, 5.41) is 8.77. The Labute approximate surface area is 134 Å². The van der Waals surface area contributed by atoms with Gasteiger partial charge in [0.2, 0.25) is 0 Å². The number of aliphatic hydroxyl groups excluding tert-OH is 1. The molecule has 0 aromatic rings. The van der Waals surface area contributed by atoms with Gasteiger partial charge in [0.1, 0.15) is 0 Å². The summed E-state index contributed by atoms with van der Waals surface area (Å²) in [4.78, 5) is 2.31. The van der Waals surface area contributed by atoms with Crippen molar-refractivity contribution in [2.45, 2.75) is 26.2 Å². The first-order valence-corrected chi connectivity index (χ1v) is 8.37. The summed E-state index contributed by atoms with van der Waals surface area (Å²) in [7, 11) is 0. The van der Waals surface area contributed by atoms with Crippen LogP contribution in [0.15, 0.2) is 23.9 Å². The van der Waals surface area contributed by atoms with E-state index in [4.69, 9.17) is 20.3 Å². The molecule has 0 aromatic carbocycles. The van der Waals surface area contributed by atoms with Crippen LogP contribution in [0.2, 0.25) is 0 Å². The molecule has 1 atom stereocenters. The Morgan fingerprint density at radius 2 is 1.95 bits per heavy atom. The lowest BCUT2D eigenvalue weighted by atomic mass is 10.1. The Balaban J connectivity index is 2.45. The van der Waals surface area contributed by atoms with Crippen molar-refractivity contribution < 1.29 is 14.6 Å². The van der Waals surface area contributed by atoms with Crippen LogP contribution in [-0.2, 0) is 9.47 Å². The summed E-state index contributed by atoms with van der Waals surface area (Å²) in [5.41, 5.74) is 6.71. The van der Waals surface area contributed by atoms with Crippen molar-refractivity contribution in [2.24, 2.45) is 11.7 Å². The van der Waals surface area contributed by atoms with E-state index < -0.39 is 0 Å². The van der Waals surface area contributed by atoms with Gasteiger partial charge >= 0.3 is 0 Å². The molecule has 0 saturated heterocycles. The summed E-state index contributed by atoms with van der Waals surface area (Å²) in [6.07, 6.45) is 9.80. The number of rotatable bonds is 12. The van der Waals surface area contributed by atoms with Crippen LogP contribution in [0, 0.1) is 5.92 Å². The molecular formula is C17H32N2O3. The van der Waals surface area contributed by atoms with Crippen molar-refractivity contribution in [2.75, 3.05) is 52.7 Å². The molecule has 0 spiro atoms. The number of aliphatic hydroxyl groups is 1. The molecule has 1 aliphatic rings. The number of hydrogen-bond donors (Lipinski definition) is 2. The van der Waals surface area contributed by atoms with E-state index in [0.717, 1.165) is 19.5 Å². The van der Waals surface area contributed by atoms with Crippen LogP contribution in [0.3, 0.4) is 0 Å². The van der Waals surface area contributed by atoms with Crippen LogP contribution < -0.4 is 5.73 Å². The number of nitrogens with zero attached hydrogens (tertiary/aromatic N) is 1. The second kappa shape index (κ2) is 12.6. The smallest absolute Gasteiger partial charge is 0.0642 e. The van der Waals surface area contributed by atoms with E-state index in [1.165, 1.54) is 12.1 Å². The summed E-state index contributed by atoms with van der Waals surface area (Å²) < 4.78 is 11.1. The third kappa shape index (κ3) is 8.54. The molecular weight excluding hydrogens is 280 g/mol. The molecule has 1 rings (SSSR count). The average Bonchev–Trinajstić information content (AvgIpc) is 2.74. The molecule has 0 saturated carbocycles. The van der Waals surface area contributed by atoms with E-state index in [1.807, 2.05) is 0 Å². The third-order valence-electron chi connectivity index (χ3n) is 3.66. The van der Waals surface area contributed by atoms with E-state index in [2.05, 4.69) is 30.1 Å². The molecule has 1 aliphatic carbocycles. The van der Waals surface area contributed by atoms with Crippen molar-refractivity contribution in [3.63, 3.8) is 0 Å². The highest BCUT2D eigenvalue weighted by Gasteiger charge is 2.10. The van der Waals surface area contributed by atoms with Crippen molar-refractivity contribution in [3.05, 3.63) is 23.9 Å². The van der Waals surface area contributed by atoms with E-state index >= 15 is 0 Å². The maximum atomic E-state index is 8.77. The van der Waals surface area contributed by atoms with Crippen LogP contribution in [0.5, 0.6) is 0 Å². The van der Waals surface area contributed by atoms with Crippen molar-refractivity contribution >= 4 is 0 Å². The van der Waals surface area contributed by atoms with Crippen LogP contribution in [0.25, 0.3) is 0 Å². The Hall–Kier alpha value is -0.880. The third-order valence-corrected chi connectivity index (χ3v) is 3.66. The van der Waals surface area contributed by atoms with E-state index in [1.54, 1.807) is 0 Å². The van der Waals surface area contributed by atoms with Crippen molar-refractivity contribution in [1.82, 2.24) is 4.90 Å². The van der Waals surface area contributed by atoms with Gasteiger partial charge in [0.25, 0.3) is 0 Å². The number of ether oxygens (including phenoxy) is 2. The molecule has 0 aliphatic heterocycles. The molecule has 0 aromatic heterocycles. The van der Waals surface area contributed by atoms with Crippen LogP contribution in [-0.4, -0.2) is 62.7 Å². The molecule has 5 nitrogen and oxygen atoms in total. The normalized spacial score (nSPS) is 18.1. The Bertz CT molecular complexity index is 332. The van der Waals surface area contributed by atoms with Gasteiger partial charge in [0.15, 0.2) is 0 Å². The highest BCUT2D eigenvalue weighted by molar-refractivity contribution is 5.20. The molecule has 0 bridgehead atoms. The van der Waals surface area contributed by atoms with Crippen LogP contribution >= 0.6 is 0 Å². The predicted octanol–water partition coefficient (Wildman–Crippen LogP) is 1.53. The lowest BCUT2D eigenvalue weighted by Gasteiger charge is -2.25. The zero-order valence-electron chi connectivity index (χ0n) is 13.9. The minimum Gasteiger partial charge on any atom is -0.396 e. The summed E-state index contributed by atoms with van der Waals surface area (Å²) in [5.74, 6) is 0.630. The predicted molar refractivity (Wildman–Crippen MR) is 89.6 cm³/mol. The van der Waals surface area contributed by atoms with Gasteiger partial charge in [-0.3, -0.25) is 0 Å². The fourth-order valence-corrected chi connectivity index (χ4v) is 2.33. The monoisotopic (exact) mass is 312 g/mol. The maximum Gasteiger partial charge on any atom is 0.0642 e. The topological polar surface area (TPSA) is 68.0 Å².